The summed E-state index contributed by atoms with van der Waals surface area (Å²) in [6.45, 7) is 1.67. The van der Waals surface area contributed by atoms with E-state index in [9.17, 15) is 10.2 Å². The molecule has 0 aromatic carbocycles. The van der Waals surface area contributed by atoms with Gasteiger partial charge in [0.1, 0.15) is 12.2 Å². The van der Waals surface area contributed by atoms with Crippen LogP contribution in [0.1, 0.15) is 13.3 Å². The third-order valence-electron chi connectivity index (χ3n) is 2.01. The average Bonchev–Trinajstić information content (AvgIpc) is 2.19. The zero-order chi connectivity index (χ0) is 8.43. The zero-order valence-corrected chi connectivity index (χ0v) is 6.47. The van der Waals surface area contributed by atoms with Gasteiger partial charge >= 0.3 is 0 Å². The van der Waals surface area contributed by atoms with E-state index >= 15 is 0 Å². The molecule has 1 aliphatic rings. The van der Waals surface area contributed by atoms with Crippen molar-refractivity contribution in [2.45, 2.75) is 37.8 Å². The minimum atomic E-state index is -0.850. The lowest BCUT2D eigenvalue weighted by molar-refractivity contribution is 0.00224. The fraction of sp³-hybridized carbons (Fsp3) is 1.00. The molecule has 0 aromatic heterocycles. The second-order valence-corrected chi connectivity index (χ2v) is 2.87. The van der Waals surface area contributed by atoms with Crippen LogP contribution in [0, 0.1) is 0 Å². The molecule has 0 aliphatic carbocycles. The summed E-state index contributed by atoms with van der Waals surface area (Å²) in [6, 6.07) is 0. The van der Waals surface area contributed by atoms with Gasteiger partial charge in [-0.1, -0.05) is 0 Å². The highest BCUT2D eigenvalue weighted by Crippen LogP contribution is 2.22. The molecule has 4 nitrogen and oxygen atoms in total. The third-order valence-corrected chi connectivity index (χ3v) is 2.01. The number of hydrogen-bond acceptors (Lipinski definition) is 4. The molecule has 0 bridgehead atoms. The van der Waals surface area contributed by atoms with Crippen LogP contribution in [0.3, 0.4) is 0 Å². The van der Waals surface area contributed by atoms with E-state index < -0.39 is 18.3 Å². The summed E-state index contributed by atoms with van der Waals surface area (Å²) in [5, 5.41) is 27.0. The van der Waals surface area contributed by atoms with Gasteiger partial charge in [0.25, 0.3) is 0 Å². The van der Waals surface area contributed by atoms with Gasteiger partial charge in [-0.05, 0) is 13.3 Å². The molecule has 11 heavy (non-hydrogen) atoms. The van der Waals surface area contributed by atoms with Gasteiger partial charge in [-0.2, -0.15) is 0 Å². The molecule has 0 unspecified atom stereocenters. The van der Waals surface area contributed by atoms with Crippen LogP contribution in [0.5, 0.6) is 0 Å². The van der Waals surface area contributed by atoms with Crippen LogP contribution in [0.25, 0.3) is 0 Å². The van der Waals surface area contributed by atoms with Gasteiger partial charge in [-0.25, -0.2) is 0 Å². The van der Waals surface area contributed by atoms with Crippen molar-refractivity contribution in [3.05, 3.63) is 0 Å². The summed E-state index contributed by atoms with van der Waals surface area (Å²) in [4.78, 5) is 0. The van der Waals surface area contributed by atoms with Crippen molar-refractivity contribution in [2.24, 2.45) is 0 Å². The number of rotatable bonds is 2. The number of aliphatic hydroxyl groups is 3. The van der Waals surface area contributed by atoms with Crippen molar-refractivity contribution in [3.8, 4) is 0 Å². The van der Waals surface area contributed by atoms with E-state index in [4.69, 9.17) is 9.84 Å². The van der Waals surface area contributed by atoms with Crippen LogP contribution in [0.4, 0.5) is 0 Å². The molecule has 4 heteroatoms. The first-order valence-electron chi connectivity index (χ1n) is 3.79. The largest absolute Gasteiger partial charge is 0.396 e. The van der Waals surface area contributed by atoms with Crippen molar-refractivity contribution in [1.29, 1.82) is 0 Å². The highest BCUT2D eigenvalue weighted by atomic mass is 16.5. The smallest absolute Gasteiger partial charge is 0.109 e. The van der Waals surface area contributed by atoms with E-state index in [0.29, 0.717) is 6.42 Å². The molecule has 1 heterocycles. The lowest BCUT2D eigenvalue weighted by atomic mass is 10.1. The van der Waals surface area contributed by atoms with E-state index in [0.717, 1.165) is 0 Å². The first kappa shape index (κ1) is 8.93. The lowest BCUT2D eigenvalue weighted by Crippen LogP contribution is -2.31. The first-order valence-corrected chi connectivity index (χ1v) is 3.79. The Morgan fingerprint density at radius 3 is 2.27 bits per heavy atom. The maximum Gasteiger partial charge on any atom is 0.109 e. The number of ether oxygens (including phenoxy) is 1. The molecule has 4 atom stereocenters. The third kappa shape index (κ3) is 1.70. The molecular formula is C7H14O4. The van der Waals surface area contributed by atoms with Crippen molar-refractivity contribution < 1.29 is 20.1 Å². The molecule has 66 valence electrons. The van der Waals surface area contributed by atoms with Gasteiger partial charge in [0.15, 0.2) is 0 Å². The second kappa shape index (κ2) is 3.49. The molecule has 1 saturated heterocycles. The monoisotopic (exact) mass is 162 g/mol. The maximum atomic E-state index is 9.27. The Kier molecular flexibility index (Phi) is 2.84. The fourth-order valence-corrected chi connectivity index (χ4v) is 1.30. The normalized spacial score (nSPS) is 44.7. The van der Waals surface area contributed by atoms with E-state index in [1.807, 2.05) is 0 Å². The molecule has 0 aromatic rings. The number of hydrogen-bond donors (Lipinski definition) is 3. The molecule has 0 amide bonds. The van der Waals surface area contributed by atoms with Gasteiger partial charge in [-0.3, -0.25) is 0 Å². The van der Waals surface area contributed by atoms with Crippen molar-refractivity contribution in [3.63, 3.8) is 0 Å². The highest BCUT2D eigenvalue weighted by Gasteiger charge is 2.39. The molecule has 0 radical (unpaired) electrons. The summed E-state index contributed by atoms with van der Waals surface area (Å²) >= 11 is 0. The van der Waals surface area contributed by atoms with Gasteiger partial charge < -0.3 is 20.1 Å². The highest BCUT2D eigenvalue weighted by molar-refractivity contribution is 4.87. The van der Waals surface area contributed by atoms with Gasteiger partial charge in [0.2, 0.25) is 0 Å². The Hall–Kier alpha value is -0.160. The Balaban J connectivity index is 2.45. The van der Waals surface area contributed by atoms with Crippen LogP contribution in [-0.4, -0.2) is 46.3 Å². The van der Waals surface area contributed by atoms with Gasteiger partial charge in [0, 0.05) is 6.61 Å². The van der Waals surface area contributed by atoms with Crippen molar-refractivity contribution >= 4 is 0 Å². The minimum Gasteiger partial charge on any atom is -0.396 e. The van der Waals surface area contributed by atoms with Gasteiger partial charge in [0.05, 0.1) is 12.2 Å². The van der Waals surface area contributed by atoms with Crippen molar-refractivity contribution in [2.75, 3.05) is 6.61 Å². The van der Waals surface area contributed by atoms with Crippen LogP contribution >= 0.6 is 0 Å². The lowest BCUT2D eigenvalue weighted by Gasteiger charge is -2.12. The summed E-state index contributed by atoms with van der Waals surface area (Å²) in [6.07, 6.45) is -2.03. The standard InChI is InChI=1S/C7H14O4/c1-4-6(9)7(10)5(11-4)2-3-8/h4-10H,2-3H2,1H3/t4-,5+,6-,7+/m0/s1. The molecular weight excluding hydrogens is 148 g/mol. The minimum absolute atomic E-state index is 0.0266. The predicted molar refractivity (Wildman–Crippen MR) is 38.1 cm³/mol. The van der Waals surface area contributed by atoms with Crippen LogP contribution in [0.2, 0.25) is 0 Å². The quantitative estimate of drug-likeness (QED) is 0.481. The topological polar surface area (TPSA) is 69.9 Å². The summed E-state index contributed by atoms with van der Waals surface area (Å²) in [7, 11) is 0. The summed E-state index contributed by atoms with van der Waals surface area (Å²) < 4.78 is 5.17. The van der Waals surface area contributed by atoms with E-state index in [-0.39, 0.29) is 12.7 Å². The Labute approximate surface area is 65.4 Å². The van der Waals surface area contributed by atoms with E-state index in [1.54, 1.807) is 6.92 Å². The Bertz CT molecular complexity index is 128. The second-order valence-electron chi connectivity index (χ2n) is 2.87. The van der Waals surface area contributed by atoms with Gasteiger partial charge in [-0.15, -0.1) is 0 Å². The molecule has 0 saturated carbocycles. The fourth-order valence-electron chi connectivity index (χ4n) is 1.30. The SMILES string of the molecule is C[C@@H]1O[C@H](CCO)[C@@H](O)[C@H]1O. The molecule has 1 rings (SSSR count). The van der Waals surface area contributed by atoms with Crippen LogP contribution in [0.15, 0.2) is 0 Å². The first-order chi connectivity index (χ1) is 5.16. The number of aliphatic hydroxyl groups excluding tert-OH is 3. The maximum absolute atomic E-state index is 9.27. The Morgan fingerprint density at radius 2 is 1.91 bits per heavy atom. The molecule has 0 spiro atoms. The summed E-state index contributed by atoms with van der Waals surface area (Å²) in [5.41, 5.74) is 0. The van der Waals surface area contributed by atoms with Crippen LogP contribution in [-0.2, 0) is 4.74 Å². The molecule has 1 fully saturated rings. The Morgan fingerprint density at radius 1 is 1.27 bits per heavy atom. The van der Waals surface area contributed by atoms with E-state index in [2.05, 4.69) is 0 Å². The average molecular weight is 162 g/mol. The van der Waals surface area contributed by atoms with Crippen LogP contribution < -0.4 is 0 Å². The predicted octanol–water partition coefficient (Wildman–Crippen LogP) is -1.12. The van der Waals surface area contributed by atoms with E-state index in [1.165, 1.54) is 0 Å². The van der Waals surface area contributed by atoms with Crippen molar-refractivity contribution in [1.82, 2.24) is 0 Å². The zero-order valence-electron chi connectivity index (χ0n) is 6.47. The molecule has 3 N–H and O–H groups in total. The summed E-state index contributed by atoms with van der Waals surface area (Å²) in [5.74, 6) is 0. The molecule has 1 aliphatic heterocycles.